The fourth-order valence-corrected chi connectivity index (χ4v) is 2.17. The number of carboxylic acid groups (broad SMARTS) is 1. The molecule has 0 radical (unpaired) electrons. The van der Waals surface area contributed by atoms with E-state index in [1.807, 2.05) is 4.57 Å². The molecule has 2 aromatic heterocycles. The van der Waals surface area contributed by atoms with Crippen LogP contribution in [0.3, 0.4) is 0 Å². The standard InChI is InChI=1S/C10H11N5O2/c16-10(17)7-1-6(2-12-7)15-5-14-8-3-11-4-13-9(8)15/h3-7,12H,1-2H2,(H,16,17). The third-order valence-electron chi connectivity index (χ3n) is 3.04. The Bertz CT molecular complexity index is 567. The number of rotatable bonds is 2. The molecule has 2 unspecified atom stereocenters. The number of nitrogens with one attached hydrogen (secondary N) is 1. The van der Waals surface area contributed by atoms with Crippen LogP contribution in [-0.4, -0.2) is 43.2 Å². The van der Waals surface area contributed by atoms with Gasteiger partial charge in [0.25, 0.3) is 0 Å². The molecule has 0 aliphatic carbocycles. The topological polar surface area (TPSA) is 92.9 Å². The van der Waals surface area contributed by atoms with Gasteiger partial charge in [-0.3, -0.25) is 4.79 Å². The smallest absolute Gasteiger partial charge is 0.320 e. The average molecular weight is 233 g/mol. The van der Waals surface area contributed by atoms with Gasteiger partial charge in [-0.15, -0.1) is 0 Å². The summed E-state index contributed by atoms with van der Waals surface area (Å²) in [5.41, 5.74) is 1.48. The SMILES string of the molecule is O=C(O)C1CC(n2cnc3cncnc32)CN1. The highest BCUT2D eigenvalue weighted by Gasteiger charge is 2.30. The lowest BCUT2D eigenvalue weighted by Gasteiger charge is -2.10. The summed E-state index contributed by atoms with van der Waals surface area (Å²) in [6, 6.07) is -0.407. The van der Waals surface area contributed by atoms with Gasteiger partial charge in [0.05, 0.1) is 18.6 Å². The molecule has 0 saturated carbocycles. The molecule has 0 bridgehead atoms. The van der Waals surface area contributed by atoms with Gasteiger partial charge in [0.2, 0.25) is 0 Å². The van der Waals surface area contributed by atoms with Crippen molar-refractivity contribution in [3.05, 3.63) is 18.9 Å². The van der Waals surface area contributed by atoms with Crippen LogP contribution in [0.1, 0.15) is 12.5 Å². The van der Waals surface area contributed by atoms with Crippen LogP contribution < -0.4 is 5.32 Å². The van der Waals surface area contributed by atoms with Crippen molar-refractivity contribution in [2.75, 3.05) is 6.54 Å². The van der Waals surface area contributed by atoms with E-state index >= 15 is 0 Å². The second-order valence-electron chi connectivity index (χ2n) is 4.07. The molecule has 2 N–H and O–H groups in total. The molecule has 3 heterocycles. The zero-order chi connectivity index (χ0) is 11.8. The van der Waals surface area contributed by atoms with E-state index in [0.29, 0.717) is 13.0 Å². The fraction of sp³-hybridized carbons (Fsp3) is 0.400. The van der Waals surface area contributed by atoms with Crippen molar-refractivity contribution in [3.63, 3.8) is 0 Å². The maximum atomic E-state index is 10.9. The molecule has 1 aliphatic rings. The number of hydrogen-bond acceptors (Lipinski definition) is 5. The van der Waals surface area contributed by atoms with E-state index in [1.54, 1.807) is 12.5 Å². The van der Waals surface area contributed by atoms with Crippen LogP contribution in [-0.2, 0) is 4.79 Å². The van der Waals surface area contributed by atoms with Crippen molar-refractivity contribution in [2.45, 2.75) is 18.5 Å². The average Bonchev–Trinajstić information content (AvgIpc) is 2.95. The number of hydrogen-bond donors (Lipinski definition) is 2. The number of carbonyl (C=O) groups is 1. The normalized spacial score (nSPS) is 24.2. The van der Waals surface area contributed by atoms with Gasteiger partial charge in [-0.1, -0.05) is 0 Å². The van der Waals surface area contributed by atoms with Gasteiger partial charge in [-0.2, -0.15) is 0 Å². The van der Waals surface area contributed by atoms with Gasteiger partial charge in [0, 0.05) is 6.54 Å². The molecule has 0 amide bonds. The van der Waals surface area contributed by atoms with Gasteiger partial charge < -0.3 is 15.0 Å². The van der Waals surface area contributed by atoms with Crippen LogP contribution in [0.25, 0.3) is 11.2 Å². The zero-order valence-electron chi connectivity index (χ0n) is 8.95. The van der Waals surface area contributed by atoms with Gasteiger partial charge >= 0.3 is 5.97 Å². The van der Waals surface area contributed by atoms with Crippen molar-refractivity contribution in [1.82, 2.24) is 24.8 Å². The zero-order valence-corrected chi connectivity index (χ0v) is 8.95. The summed E-state index contributed by atoms with van der Waals surface area (Å²) in [5.74, 6) is -0.813. The largest absolute Gasteiger partial charge is 0.480 e. The predicted octanol–water partition coefficient (Wildman–Crippen LogP) is -0.186. The highest BCUT2D eigenvalue weighted by atomic mass is 16.4. The van der Waals surface area contributed by atoms with Crippen molar-refractivity contribution in [2.24, 2.45) is 0 Å². The van der Waals surface area contributed by atoms with Gasteiger partial charge in [0.1, 0.15) is 17.9 Å². The second-order valence-corrected chi connectivity index (χ2v) is 4.07. The third-order valence-corrected chi connectivity index (χ3v) is 3.04. The van der Waals surface area contributed by atoms with Crippen molar-refractivity contribution >= 4 is 17.1 Å². The van der Waals surface area contributed by atoms with Gasteiger partial charge in [-0.25, -0.2) is 15.0 Å². The van der Waals surface area contributed by atoms with E-state index < -0.39 is 12.0 Å². The number of carboxylic acids is 1. The Morgan fingerprint density at radius 2 is 2.41 bits per heavy atom. The summed E-state index contributed by atoms with van der Waals surface area (Å²) in [6.07, 6.45) is 5.36. The van der Waals surface area contributed by atoms with Crippen LogP contribution >= 0.6 is 0 Å². The Morgan fingerprint density at radius 1 is 1.53 bits per heavy atom. The number of nitrogens with zero attached hydrogens (tertiary/aromatic N) is 4. The lowest BCUT2D eigenvalue weighted by molar-refractivity contribution is -0.139. The molecular formula is C10H11N5O2. The summed E-state index contributed by atoms with van der Waals surface area (Å²) in [4.78, 5) is 23.1. The first-order chi connectivity index (χ1) is 8.25. The lowest BCUT2D eigenvalue weighted by atomic mass is 10.2. The Balaban J connectivity index is 1.93. The second kappa shape index (κ2) is 3.77. The number of aromatic nitrogens is 4. The Kier molecular flexibility index (Phi) is 2.25. The maximum Gasteiger partial charge on any atom is 0.320 e. The first-order valence-electron chi connectivity index (χ1n) is 5.34. The molecule has 1 aliphatic heterocycles. The Hall–Kier alpha value is -2.02. The van der Waals surface area contributed by atoms with Crippen molar-refractivity contribution < 1.29 is 9.90 Å². The van der Waals surface area contributed by atoms with Crippen molar-refractivity contribution in [1.29, 1.82) is 0 Å². The monoisotopic (exact) mass is 233 g/mol. The molecule has 7 nitrogen and oxygen atoms in total. The third kappa shape index (κ3) is 1.64. The molecule has 17 heavy (non-hydrogen) atoms. The number of fused-ring (bicyclic) bond motifs is 1. The predicted molar refractivity (Wildman–Crippen MR) is 58.4 cm³/mol. The molecule has 1 saturated heterocycles. The molecule has 7 heteroatoms. The van der Waals surface area contributed by atoms with Gasteiger partial charge in [0.15, 0.2) is 5.65 Å². The summed E-state index contributed by atoms with van der Waals surface area (Å²) >= 11 is 0. The summed E-state index contributed by atoms with van der Waals surface area (Å²) in [7, 11) is 0. The van der Waals surface area contributed by atoms with Crippen LogP contribution in [0.2, 0.25) is 0 Å². The highest BCUT2D eigenvalue weighted by Crippen LogP contribution is 2.23. The molecule has 2 aromatic rings. The quantitative estimate of drug-likeness (QED) is 0.747. The van der Waals surface area contributed by atoms with Crippen molar-refractivity contribution in [3.8, 4) is 0 Å². The molecule has 2 atom stereocenters. The molecule has 88 valence electrons. The Morgan fingerprint density at radius 3 is 3.18 bits per heavy atom. The van der Waals surface area contributed by atoms with E-state index in [-0.39, 0.29) is 6.04 Å². The molecule has 0 aromatic carbocycles. The highest BCUT2D eigenvalue weighted by molar-refractivity contribution is 5.74. The van der Waals surface area contributed by atoms with Gasteiger partial charge in [-0.05, 0) is 6.42 Å². The minimum atomic E-state index is -0.813. The summed E-state index contributed by atoms with van der Waals surface area (Å²) in [6.45, 7) is 0.617. The van der Waals surface area contributed by atoms with Crippen LogP contribution in [0.5, 0.6) is 0 Å². The van der Waals surface area contributed by atoms with E-state index in [4.69, 9.17) is 5.11 Å². The lowest BCUT2D eigenvalue weighted by Crippen LogP contribution is -2.29. The van der Waals surface area contributed by atoms with Crippen LogP contribution in [0.15, 0.2) is 18.9 Å². The number of aliphatic carboxylic acids is 1. The molecular weight excluding hydrogens is 222 g/mol. The molecule has 0 spiro atoms. The fourth-order valence-electron chi connectivity index (χ4n) is 2.17. The van der Waals surface area contributed by atoms with E-state index in [1.165, 1.54) is 6.33 Å². The summed E-state index contributed by atoms with van der Waals surface area (Å²) < 4.78 is 1.91. The first kappa shape index (κ1) is 10.2. The van der Waals surface area contributed by atoms with E-state index in [9.17, 15) is 4.79 Å². The van der Waals surface area contributed by atoms with Crippen LogP contribution in [0.4, 0.5) is 0 Å². The minimum absolute atomic E-state index is 0.0796. The minimum Gasteiger partial charge on any atom is -0.480 e. The molecule has 3 rings (SSSR count). The maximum absolute atomic E-state index is 10.9. The first-order valence-corrected chi connectivity index (χ1v) is 5.34. The number of imidazole rings is 1. The van der Waals surface area contributed by atoms with E-state index in [0.717, 1.165) is 11.2 Å². The van der Waals surface area contributed by atoms with Crippen LogP contribution in [0, 0.1) is 0 Å². The Labute approximate surface area is 96.5 Å². The van der Waals surface area contributed by atoms with E-state index in [2.05, 4.69) is 20.3 Å². The molecule has 1 fully saturated rings. The summed E-state index contributed by atoms with van der Waals surface area (Å²) in [5, 5.41) is 11.9.